The van der Waals surface area contributed by atoms with E-state index in [-0.39, 0.29) is 30.8 Å². The monoisotopic (exact) mass is 393 g/mol. The molecule has 3 rings (SSSR count). The molecule has 1 atom stereocenters. The second-order valence-electron chi connectivity index (χ2n) is 6.06. The van der Waals surface area contributed by atoms with Crippen LogP contribution >= 0.6 is 11.6 Å². The molecule has 2 heterocycles. The Morgan fingerprint density at radius 2 is 2.26 bits per heavy atom. The van der Waals surface area contributed by atoms with Crippen molar-refractivity contribution in [3.63, 3.8) is 0 Å². The average molecular weight is 394 g/mol. The first-order valence-electron chi connectivity index (χ1n) is 8.37. The van der Waals surface area contributed by atoms with Crippen molar-refractivity contribution in [3.8, 4) is 0 Å². The number of halogens is 1. The van der Waals surface area contributed by atoms with Gasteiger partial charge in [0.2, 0.25) is 17.8 Å². The minimum Gasteiger partial charge on any atom is -0.382 e. The number of rotatable bonds is 7. The third-order valence-corrected chi connectivity index (χ3v) is 4.41. The van der Waals surface area contributed by atoms with Crippen LogP contribution < -0.4 is 10.6 Å². The van der Waals surface area contributed by atoms with Gasteiger partial charge >= 0.3 is 0 Å². The Morgan fingerprint density at radius 3 is 3.00 bits per heavy atom. The van der Waals surface area contributed by atoms with Gasteiger partial charge in [-0.05, 0) is 24.6 Å². The molecule has 144 valence electrons. The largest absolute Gasteiger partial charge is 0.382 e. The Labute approximate surface area is 161 Å². The minimum absolute atomic E-state index is 0.0360. The summed E-state index contributed by atoms with van der Waals surface area (Å²) in [5.74, 6) is -0.0789. The van der Waals surface area contributed by atoms with Gasteiger partial charge in [-0.1, -0.05) is 17.7 Å². The first-order valence-corrected chi connectivity index (χ1v) is 8.74. The van der Waals surface area contributed by atoms with Gasteiger partial charge in [-0.3, -0.25) is 14.9 Å². The fourth-order valence-electron chi connectivity index (χ4n) is 2.57. The zero-order chi connectivity index (χ0) is 19.4. The average Bonchev–Trinajstić information content (AvgIpc) is 3.03. The van der Waals surface area contributed by atoms with Gasteiger partial charge in [0.15, 0.2) is 5.82 Å². The summed E-state index contributed by atoms with van der Waals surface area (Å²) in [6, 6.07) is 4.41. The van der Waals surface area contributed by atoms with Crippen LogP contribution in [-0.2, 0) is 25.7 Å². The smallest absolute Gasteiger partial charge is 0.249 e. The lowest BCUT2D eigenvalue weighted by Gasteiger charge is -2.22. The SMILES string of the molecule is COCCOCc1nc2n(n1)[C@H](C(=O)Nc1ccc(C)c(Cl)c1)CC(=O)N2. The Kier molecular flexibility index (Phi) is 6.04. The summed E-state index contributed by atoms with van der Waals surface area (Å²) < 4.78 is 11.7. The summed E-state index contributed by atoms with van der Waals surface area (Å²) in [6.07, 6.45) is -0.0360. The zero-order valence-corrected chi connectivity index (χ0v) is 15.7. The van der Waals surface area contributed by atoms with Crippen LogP contribution in [0.1, 0.15) is 23.9 Å². The molecule has 10 heteroatoms. The number of amides is 2. The Balaban J connectivity index is 1.74. The molecule has 1 aromatic carbocycles. The van der Waals surface area contributed by atoms with E-state index in [0.717, 1.165) is 5.56 Å². The van der Waals surface area contributed by atoms with Crippen molar-refractivity contribution >= 4 is 35.1 Å². The molecule has 9 nitrogen and oxygen atoms in total. The Bertz CT molecular complexity index is 854. The summed E-state index contributed by atoms with van der Waals surface area (Å²) in [5.41, 5.74) is 1.45. The second kappa shape index (κ2) is 8.47. The van der Waals surface area contributed by atoms with Gasteiger partial charge in [0, 0.05) is 17.8 Å². The lowest BCUT2D eigenvalue weighted by molar-refractivity contribution is -0.125. The number of hydrogen-bond acceptors (Lipinski definition) is 6. The maximum Gasteiger partial charge on any atom is 0.249 e. The van der Waals surface area contributed by atoms with Crippen LogP contribution in [0.5, 0.6) is 0 Å². The highest BCUT2D eigenvalue weighted by atomic mass is 35.5. The summed E-state index contributed by atoms with van der Waals surface area (Å²) in [4.78, 5) is 28.9. The van der Waals surface area contributed by atoms with Gasteiger partial charge in [0.25, 0.3) is 0 Å². The first kappa shape index (κ1) is 19.3. The van der Waals surface area contributed by atoms with Crippen LogP contribution in [0, 0.1) is 6.92 Å². The number of aromatic nitrogens is 3. The van der Waals surface area contributed by atoms with Crippen LogP contribution in [-0.4, -0.2) is 46.9 Å². The van der Waals surface area contributed by atoms with Gasteiger partial charge in [-0.25, -0.2) is 4.68 Å². The van der Waals surface area contributed by atoms with Crippen molar-refractivity contribution in [2.24, 2.45) is 0 Å². The molecular weight excluding hydrogens is 374 g/mol. The molecule has 0 bridgehead atoms. The number of nitrogens with one attached hydrogen (secondary N) is 2. The highest BCUT2D eigenvalue weighted by molar-refractivity contribution is 6.31. The van der Waals surface area contributed by atoms with E-state index in [0.29, 0.717) is 29.7 Å². The lowest BCUT2D eigenvalue weighted by atomic mass is 10.1. The molecule has 2 N–H and O–H groups in total. The van der Waals surface area contributed by atoms with Gasteiger partial charge in [0.05, 0.1) is 19.6 Å². The van der Waals surface area contributed by atoms with Crippen molar-refractivity contribution < 1.29 is 19.1 Å². The standard InChI is InChI=1S/C17H20ClN5O4/c1-10-3-4-11(7-12(10)18)19-16(25)13-8-15(24)21-17-20-14(22-23(13)17)9-27-6-5-26-2/h3-4,7,13H,5-6,8-9H2,1-2H3,(H,19,25)(H,20,21,22,24)/t13-/m0/s1. The van der Waals surface area contributed by atoms with E-state index in [1.165, 1.54) is 4.68 Å². The molecule has 0 unspecified atom stereocenters. The normalized spacial score (nSPS) is 16.0. The third-order valence-electron chi connectivity index (χ3n) is 4.01. The first-order chi connectivity index (χ1) is 13.0. The maximum atomic E-state index is 12.7. The number of methoxy groups -OCH3 is 1. The molecule has 27 heavy (non-hydrogen) atoms. The Hall–Kier alpha value is -2.49. The molecule has 2 amide bonds. The summed E-state index contributed by atoms with van der Waals surface area (Å²) in [5, 5.41) is 10.2. The number of carbonyl (C=O) groups is 2. The summed E-state index contributed by atoms with van der Waals surface area (Å²) >= 11 is 6.10. The van der Waals surface area contributed by atoms with Gasteiger partial charge < -0.3 is 14.8 Å². The number of carbonyl (C=O) groups excluding carboxylic acids is 2. The fraction of sp³-hybridized carbons (Fsp3) is 0.412. The number of hydrogen-bond donors (Lipinski definition) is 2. The third kappa shape index (κ3) is 4.62. The number of benzene rings is 1. The predicted octanol–water partition coefficient (Wildman–Crippen LogP) is 1.92. The summed E-state index contributed by atoms with van der Waals surface area (Å²) in [6.45, 7) is 2.87. The highest BCUT2D eigenvalue weighted by Crippen LogP contribution is 2.26. The molecular formula is C17H20ClN5O4. The van der Waals surface area contributed by atoms with Crippen molar-refractivity contribution in [2.75, 3.05) is 31.0 Å². The molecule has 0 aliphatic carbocycles. The predicted molar refractivity (Wildman–Crippen MR) is 98.7 cm³/mol. The quantitative estimate of drug-likeness (QED) is 0.696. The van der Waals surface area contributed by atoms with E-state index >= 15 is 0 Å². The molecule has 0 fully saturated rings. The van der Waals surface area contributed by atoms with E-state index in [2.05, 4.69) is 20.7 Å². The van der Waals surface area contributed by atoms with Crippen LogP contribution in [0.4, 0.5) is 11.6 Å². The second-order valence-corrected chi connectivity index (χ2v) is 6.47. The summed E-state index contributed by atoms with van der Waals surface area (Å²) in [7, 11) is 1.58. The van der Waals surface area contributed by atoms with E-state index in [4.69, 9.17) is 21.1 Å². The minimum atomic E-state index is -0.811. The van der Waals surface area contributed by atoms with Crippen molar-refractivity contribution in [3.05, 3.63) is 34.6 Å². The van der Waals surface area contributed by atoms with Crippen molar-refractivity contribution in [2.45, 2.75) is 26.0 Å². The van der Waals surface area contributed by atoms with Crippen molar-refractivity contribution in [1.29, 1.82) is 0 Å². The van der Waals surface area contributed by atoms with E-state index < -0.39 is 6.04 Å². The number of aryl methyl sites for hydroxylation is 1. The highest BCUT2D eigenvalue weighted by Gasteiger charge is 2.33. The fourth-order valence-corrected chi connectivity index (χ4v) is 2.76. The maximum absolute atomic E-state index is 12.7. The molecule has 2 aromatic rings. The van der Waals surface area contributed by atoms with Crippen LogP contribution in [0.2, 0.25) is 5.02 Å². The number of fused-ring (bicyclic) bond motifs is 1. The van der Waals surface area contributed by atoms with E-state index in [1.54, 1.807) is 19.2 Å². The molecule has 1 aliphatic rings. The number of ether oxygens (including phenoxy) is 2. The van der Waals surface area contributed by atoms with Crippen LogP contribution in [0.15, 0.2) is 18.2 Å². The Morgan fingerprint density at radius 1 is 1.44 bits per heavy atom. The van der Waals surface area contributed by atoms with Gasteiger partial charge in [0.1, 0.15) is 12.6 Å². The number of anilines is 2. The lowest BCUT2D eigenvalue weighted by Crippen LogP contribution is -2.36. The molecule has 0 radical (unpaired) electrons. The van der Waals surface area contributed by atoms with Crippen LogP contribution in [0.25, 0.3) is 0 Å². The molecule has 0 saturated carbocycles. The van der Waals surface area contributed by atoms with Crippen LogP contribution in [0.3, 0.4) is 0 Å². The topological polar surface area (TPSA) is 107 Å². The molecule has 0 saturated heterocycles. The molecule has 1 aromatic heterocycles. The van der Waals surface area contributed by atoms with Gasteiger partial charge in [-0.2, -0.15) is 10.1 Å². The van der Waals surface area contributed by atoms with Crippen molar-refractivity contribution in [1.82, 2.24) is 14.8 Å². The molecule has 0 spiro atoms. The number of nitrogens with zero attached hydrogens (tertiary/aromatic N) is 3. The molecule has 1 aliphatic heterocycles. The van der Waals surface area contributed by atoms with E-state index in [9.17, 15) is 9.59 Å². The van der Waals surface area contributed by atoms with E-state index in [1.807, 2.05) is 13.0 Å². The zero-order valence-electron chi connectivity index (χ0n) is 15.0. The van der Waals surface area contributed by atoms with Gasteiger partial charge in [-0.15, -0.1) is 0 Å².